The van der Waals surface area contributed by atoms with Crippen LogP contribution in [-0.2, 0) is 6.42 Å². The molecule has 17 heavy (non-hydrogen) atoms. The SMILES string of the molecule is OC(C1=CCCCCC1)C1Cc2ccccc21. The molecule has 0 amide bonds. The first-order valence-electron chi connectivity index (χ1n) is 6.81. The van der Waals surface area contributed by atoms with E-state index in [4.69, 9.17) is 0 Å². The monoisotopic (exact) mass is 228 g/mol. The highest BCUT2D eigenvalue weighted by atomic mass is 16.3. The number of hydrogen-bond donors (Lipinski definition) is 1. The van der Waals surface area contributed by atoms with Gasteiger partial charge in [0.25, 0.3) is 0 Å². The van der Waals surface area contributed by atoms with Crippen LogP contribution < -0.4 is 0 Å². The predicted octanol–water partition coefficient (Wildman–Crippen LogP) is 3.58. The smallest absolute Gasteiger partial charge is 0.0821 e. The van der Waals surface area contributed by atoms with Crippen molar-refractivity contribution in [3.63, 3.8) is 0 Å². The van der Waals surface area contributed by atoms with Gasteiger partial charge < -0.3 is 5.11 Å². The number of aliphatic hydroxyl groups excluding tert-OH is 1. The Kier molecular flexibility index (Phi) is 3.02. The Balaban J connectivity index is 1.76. The van der Waals surface area contributed by atoms with Crippen LogP contribution >= 0.6 is 0 Å². The van der Waals surface area contributed by atoms with E-state index in [9.17, 15) is 5.11 Å². The molecule has 0 fully saturated rings. The van der Waals surface area contributed by atoms with E-state index in [1.807, 2.05) is 0 Å². The molecule has 2 aliphatic rings. The van der Waals surface area contributed by atoms with Crippen LogP contribution in [0, 0.1) is 0 Å². The van der Waals surface area contributed by atoms with Crippen LogP contribution in [0.4, 0.5) is 0 Å². The molecule has 1 heteroatoms. The molecule has 2 aliphatic carbocycles. The first-order chi connectivity index (χ1) is 8.36. The molecular weight excluding hydrogens is 208 g/mol. The summed E-state index contributed by atoms with van der Waals surface area (Å²) < 4.78 is 0. The Bertz CT molecular complexity index is 433. The van der Waals surface area contributed by atoms with E-state index in [0.717, 1.165) is 19.3 Å². The molecule has 0 aliphatic heterocycles. The minimum absolute atomic E-state index is 0.233. The Morgan fingerprint density at radius 3 is 2.88 bits per heavy atom. The van der Waals surface area contributed by atoms with Crippen molar-refractivity contribution in [1.29, 1.82) is 0 Å². The molecule has 0 saturated heterocycles. The summed E-state index contributed by atoms with van der Waals surface area (Å²) in [5.74, 6) is 0.357. The van der Waals surface area contributed by atoms with Crippen molar-refractivity contribution in [3.8, 4) is 0 Å². The normalized spacial score (nSPS) is 25.2. The van der Waals surface area contributed by atoms with Crippen molar-refractivity contribution in [2.75, 3.05) is 0 Å². The van der Waals surface area contributed by atoms with Gasteiger partial charge in [0, 0.05) is 5.92 Å². The van der Waals surface area contributed by atoms with E-state index in [-0.39, 0.29) is 6.10 Å². The summed E-state index contributed by atoms with van der Waals surface area (Å²) in [5, 5.41) is 10.5. The standard InChI is InChI=1S/C16H20O/c17-16(12-7-3-1-2-4-8-12)15-11-13-9-5-6-10-14(13)15/h5-7,9-10,15-17H,1-4,8,11H2. The summed E-state index contributed by atoms with van der Waals surface area (Å²) in [6.45, 7) is 0. The van der Waals surface area contributed by atoms with Gasteiger partial charge in [0.05, 0.1) is 6.10 Å². The maximum absolute atomic E-state index is 10.5. The fourth-order valence-corrected chi connectivity index (χ4v) is 3.15. The van der Waals surface area contributed by atoms with E-state index in [1.165, 1.54) is 36.0 Å². The van der Waals surface area contributed by atoms with E-state index < -0.39 is 0 Å². The first-order valence-corrected chi connectivity index (χ1v) is 6.81. The highest BCUT2D eigenvalue weighted by molar-refractivity contribution is 5.42. The second-order valence-electron chi connectivity index (χ2n) is 5.33. The predicted molar refractivity (Wildman–Crippen MR) is 70.1 cm³/mol. The molecule has 1 aromatic rings. The molecule has 1 aromatic carbocycles. The van der Waals surface area contributed by atoms with Gasteiger partial charge in [-0.3, -0.25) is 0 Å². The van der Waals surface area contributed by atoms with Crippen LogP contribution in [0.3, 0.4) is 0 Å². The quantitative estimate of drug-likeness (QED) is 0.767. The van der Waals surface area contributed by atoms with Gasteiger partial charge in [-0.25, -0.2) is 0 Å². The molecule has 90 valence electrons. The molecule has 0 radical (unpaired) electrons. The molecule has 0 bridgehead atoms. The topological polar surface area (TPSA) is 20.2 Å². The fourth-order valence-electron chi connectivity index (χ4n) is 3.15. The van der Waals surface area contributed by atoms with Gasteiger partial charge in [0.1, 0.15) is 0 Å². The highest BCUT2D eigenvalue weighted by Gasteiger charge is 2.33. The first kappa shape index (κ1) is 11.0. The Hall–Kier alpha value is -1.08. The molecule has 2 unspecified atom stereocenters. The lowest BCUT2D eigenvalue weighted by atomic mass is 9.72. The van der Waals surface area contributed by atoms with Gasteiger partial charge in [-0.2, -0.15) is 0 Å². The maximum atomic E-state index is 10.5. The number of rotatable bonds is 2. The minimum atomic E-state index is -0.233. The molecule has 3 rings (SSSR count). The van der Waals surface area contributed by atoms with E-state index in [2.05, 4.69) is 30.3 Å². The molecular formula is C16H20O. The summed E-state index contributed by atoms with van der Waals surface area (Å²) in [6, 6.07) is 8.52. The number of benzene rings is 1. The molecule has 0 aromatic heterocycles. The molecule has 1 nitrogen and oxygen atoms in total. The zero-order valence-electron chi connectivity index (χ0n) is 10.2. The zero-order chi connectivity index (χ0) is 11.7. The fraction of sp³-hybridized carbons (Fsp3) is 0.500. The maximum Gasteiger partial charge on any atom is 0.0821 e. The largest absolute Gasteiger partial charge is 0.388 e. The second kappa shape index (κ2) is 4.66. The van der Waals surface area contributed by atoms with Crippen LogP contribution in [0.15, 0.2) is 35.9 Å². The summed E-state index contributed by atoms with van der Waals surface area (Å²) in [6.07, 6.45) is 9.21. The highest BCUT2D eigenvalue weighted by Crippen LogP contribution is 2.40. The van der Waals surface area contributed by atoms with Crippen LogP contribution in [0.2, 0.25) is 0 Å². The minimum Gasteiger partial charge on any atom is -0.388 e. The Morgan fingerprint density at radius 2 is 2.00 bits per heavy atom. The van der Waals surface area contributed by atoms with Crippen molar-refractivity contribution in [2.24, 2.45) is 0 Å². The summed E-state index contributed by atoms with van der Waals surface area (Å²) in [7, 11) is 0. The van der Waals surface area contributed by atoms with Gasteiger partial charge in [-0.1, -0.05) is 36.8 Å². The number of fused-ring (bicyclic) bond motifs is 1. The van der Waals surface area contributed by atoms with Crippen molar-refractivity contribution in [2.45, 2.75) is 50.5 Å². The van der Waals surface area contributed by atoms with Crippen molar-refractivity contribution in [1.82, 2.24) is 0 Å². The van der Waals surface area contributed by atoms with E-state index >= 15 is 0 Å². The molecule has 0 heterocycles. The van der Waals surface area contributed by atoms with Crippen LogP contribution in [-0.4, -0.2) is 11.2 Å². The average molecular weight is 228 g/mol. The summed E-state index contributed by atoms with van der Waals surface area (Å²) >= 11 is 0. The lowest BCUT2D eigenvalue weighted by molar-refractivity contribution is 0.163. The number of allylic oxidation sites excluding steroid dienone is 1. The molecule has 0 saturated carbocycles. The van der Waals surface area contributed by atoms with Gasteiger partial charge >= 0.3 is 0 Å². The lowest BCUT2D eigenvalue weighted by Crippen LogP contribution is -2.30. The van der Waals surface area contributed by atoms with Gasteiger partial charge in [0.15, 0.2) is 0 Å². The van der Waals surface area contributed by atoms with Crippen LogP contribution in [0.5, 0.6) is 0 Å². The molecule has 0 spiro atoms. The number of hydrogen-bond acceptors (Lipinski definition) is 1. The molecule has 1 N–H and O–H groups in total. The van der Waals surface area contributed by atoms with Crippen molar-refractivity contribution >= 4 is 0 Å². The second-order valence-corrected chi connectivity index (χ2v) is 5.33. The summed E-state index contributed by atoms with van der Waals surface area (Å²) in [4.78, 5) is 0. The lowest BCUT2D eigenvalue weighted by Gasteiger charge is -2.35. The third-order valence-corrected chi connectivity index (χ3v) is 4.23. The van der Waals surface area contributed by atoms with E-state index in [1.54, 1.807) is 0 Å². The van der Waals surface area contributed by atoms with E-state index in [0.29, 0.717) is 5.92 Å². The van der Waals surface area contributed by atoms with Gasteiger partial charge in [-0.15, -0.1) is 0 Å². The van der Waals surface area contributed by atoms with Gasteiger partial charge in [-0.05, 0) is 48.8 Å². The zero-order valence-corrected chi connectivity index (χ0v) is 10.2. The summed E-state index contributed by atoms with van der Waals surface area (Å²) in [5.41, 5.74) is 4.08. The Morgan fingerprint density at radius 1 is 1.12 bits per heavy atom. The third kappa shape index (κ3) is 2.04. The van der Waals surface area contributed by atoms with Crippen molar-refractivity contribution < 1.29 is 5.11 Å². The van der Waals surface area contributed by atoms with Crippen LogP contribution in [0.25, 0.3) is 0 Å². The third-order valence-electron chi connectivity index (χ3n) is 4.23. The van der Waals surface area contributed by atoms with Crippen molar-refractivity contribution in [3.05, 3.63) is 47.0 Å². The van der Waals surface area contributed by atoms with Crippen LogP contribution in [0.1, 0.15) is 49.1 Å². The average Bonchev–Trinajstić information content (AvgIpc) is 2.59. The van der Waals surface area contributed by atoms with Gasteiger partial charge in [0.2, 0.25) is 0 Å². The number of aliphatic hydroxyl groups is 1. The molecule has 2 atom stereocenters. The Labute approximate surface area is 103 Å².